The second-order valence-corrected chi connectivity index (χ2v) is 9.47. The van der Waals surface area contributed by atoms with Gasteiger partial charge in [-0.25, -0.2) is 0 Å². The summed E-state index contributed by atoms with van der Waals surface area (Å²) >= 11 is 1.48. The van der Waals surface area contributed by atoms with Crippen LogP contribution in [0.5, 0.6) is 0 Å². The summed E-state index contributed by atoms with van der Waals surface area (Å²) in [5.74, 6) is 0.314. The van der Waals surface area contributed by atoms with Gasteiger partial charge in [0.25, 0.3) is 0 Å². The summed E-state index contributed by atoms with van der Waals surface area (Å²) in [4.78, 5) is 32.0. The van der Waals surface area contributed by atoms with Gasteiger partial charge in [0.2, 0.25) is 22.1 Å². The Morgan fingerprint density at radius 1 is 1.12 bits per heavy atom. The van der Waals surface area contributed by atoms with E-state index in [0.717, 1.165) is 62.4 Å². The van der Waals surface area contributed by atoms with Gasteiger partial charge in [0.05, 0.1) is 0 Å². The van der Waals surface area contributed by atoms with Gasteiger partial charge in [0.1, 0.15) is 0 Å². The monoisotopic (exact) mass is 452 g/mol. The van der Waals surface area contributed by atoms with E-state index in [-0.39, 0.29) is 17.7 Å². The maximum absolute atomic E-state index is 12.7. The lowest BCUT2D eigenvalue weighted by Crippen LogP contribution is -2.41. The molecule has 32 heavy (non-hydrogen) atoms. The minimum absolute atomic E-state index is 0.0327. The van der Waals surface area contributed by atoms with Crippen LogP contribution in [-0.2, 0) is 16.0 Å². The molecule has 5 rings (SSSR count). The molecule has 8 nitrogen and oxygen atoms in total. The van der Waals surface area contributed by atoms with Crippen molar-refractivity contribution in [1.82, 2.24) is 20.5 Å². The molecule has 0 bridgehead atoms. The molecule has 4 heterocycles. The summed E-state index contributed by atoms with van der Waals surface area (Å²) in [7, 11) is 0. The number of rotatable bonds is 6. The summed E-state index contributed by atoms with van der Waals surface area (Å²) in [6.07, 6.45) is 7.02. The first kappa shape index (κ1) is 20.9. The Morgan fingerprint density at radius 2 is 1.94 bits per heavy atom. The van der Waals surface area contributed by atoms with E-state index in [1.807, 2.05) is 18.3 Å². The molecule has 2 fully saturated rings. The molecule has 9 heteroatoms. The van der Waals surface area contributed by atoms with E-state index in [1.54, 1.807) is 4.90 Å². The second kappa shape index (κ2) is 9.28. The standard InChI is InChI=1S/C23H28N6O2S/c30-20-7-3-4-12-29(20)23-27-26-22(32-23)28-13-9-16(10-14-28)21(31)24-11-8-17-15-25-19-6-2-1-5-18(17)19/h1-2,5-6,15-16,25H,3-4,7-14H2,(H,24,31). The lowest BCUT2D eigenvalue weighted by molar-refractivity contribution is -0.125. The Kier molecular flexibility index (Phi) is 6.07. The molecule has 2 amide bonds. The van der Waals surface area contributed by atoms with Crippen LogP contribution in [0.15, 0.2) is 30.5 Å². The molecule has 2 N–H and O–H groups in total. The van der Waals surface area contributed by atoms with Crippen molar-refractivity contribution in [2.45, 2.75) is 38.5 Å². The normalized spacial score (nSPS) is 17.8. The lowest BCUT2D eigenvalue weighted by Gasteiger charge is -2.30. The molecule has 0 spiro atoms. The van der Waals surface area contributed by atoms with Crippen molar-refractivity contribution in [3.63, 3.8) is 0 Å². The summed E-state index contributed by atoms with van der Waals surface area (Å²) in [5, 5.41) is 14.5. The van der Waals surface area contributed by atoms with Crippen molar-refractivity contribution in [2.75, 3.05) is 36.0 Å². The van der Waals surface area contributed by atoms with E-state index in [9.17, 15) is 9.59 Å². The number of piperidine rings is 2. The van der Waals surface area contributed by atoms with Gasteiger partial charge in [-0.2, -0.15) is 0 Å². The van der Waals surface area contributed by atoms with Crippen molar-refractivity contribution in [3.05, 3.63) is 36.0 Å². The van der Waals surface area contributed by atoms with Crippen LogP contribution in [0.25, 0.3) is 10.9 Å². The molecule has 1 aromatic carbocycles. The van der Waals surface area contributed by atoms with Crippen molar-refractivity contribution in [3.8, 4) is 0 Å². The third kappa shape index (κ3) is 4.34. The summed E-state index contributed by atoms with van der Waals surface area (Å²) in [6.45, 7) is 2.94. The summed E-state index contributed by atoms with van der Waals surface area (Å²) in [5.41, 5.74) is 2.36. The maximum Gasteiger partial charge on any atom is 0.228 e. The summed E-state index contributed by atoms with van der Waals surface area (Å²) in [6, 6.07) is 8.24. The number of benzene rings is 1. The lowest BCUT2D eigenvalue weighted by atomic mass is 9.96. The van der Waals surface area contributed by atoms with E-state index in [0.29, 0.717) is 18.1 Å². The van der Waals surface area contributed by atoms with Crippen LogP contribution in [0, 0.1) is 5.92 Å². The highest BCUT2D eigenvalue weighted by molar-refractivity contribution is 7.19. The third-order valence-corrected chi connectivity index (χ3v) is 7.47. The zero-order chi connectivity index (χ0) is 21.9. The predicted octanol–water partition coefficient (Wildman–Crippen LogP) is 3.11. The highest BCUT2D eigenvalue weighted by Crippen LogP contribution is 2.32. The van der Waals surface area contributed by atoms with E-state index in [4.69, 9.17) is 0 Å². The van der Waals surface area contributed by atoms with Gasteiger partial charge in [-0.1, -0.05) is 29.5 Å². The van der Waals surface area contributed by atoms with E-state index in [2.05, 4.69) is 37.5 Å². The molecule has 0 radical (unpaired) electrons. The number of nitrogens with zero attached hydrogens (tertiary/aromatic N) is 4. The van der Waals surface area contributed by atoms with Crippen molar-refractivity contribution < 1.29 is 9.59 Å². The van der Waals surface area contributed by atoms with Gasteiger partial charge in [-0.3, -0.25) is 14.5 Å². The van der Waals surface area contributed by atoms with Crippen molar-refractivity contribution in [2.24, 2.45) is 5.92 Å². The molecule has 2 aromatic heterocycles. The number of aromatic amines is 1. The fourth-order valence-electron chi connectivity index (χ4n) is 4.59. The number of amides is 2. The van der Waals surface area contributed by atoms with Crippen LogP contribution in [-0.4, -0.2) is 53.2 Å². The number of hydrogen-bond acceptors (Lipinski definition) is 6. The highest BCUT2D eigenvalue weighted by atomic mass is 32.1. The minimum Gasteiger partial charge on any atom is -0.361 e. The Hall–Kier alpha value is -2.94. The fraction of sp³-hybridized carbons (Fsp3) is 0.478. The number of carbonyl (C=O) groups is 2. The smallest absolute Gasteiger partial charge is 0.228 e. The van der Waals surface area contributed by atoms with Gasteiger partial charge in [0, 0.05) is 55.6 Å². The van der Waals surface area contributed by atoms with Crippen LogP contribution in [0.1, 0.15) is 37.7 Å². The molecule has 168 valence electrons. The molecular formula is C23H28N6O2S. The fourth-order valence-corrected chi connectivity index (χ4v) is 5.53. The Labute approximate surface area is 191 Å². The van der Waals surface area contributed by atoms with Crippen LogP contribution in [0.3, 0.4) is 0 Å². The number of fused-ring (bicyclic) bond motifs is 1. The number of nitrogens with one attached hydrogen (secondary N) is 2. The van der Waals surface area contributed by atoms with Crippen LogP contribution in [0.4, 0.5) is 10.3 Å². The molecule has 2 saturated heterocycles. The van der Waals surface area contributed by atoms with Gasteiger partial charge >= 0.3 is 0 Å². The van der Waals surface area contributed by atoms with Crippen LogP contribution < -0.4 is 15.1 Å². The van der Waals surface area contributed by atoms with E-state index >= 15 is 0 Å². The topological polar surface area (TPSA) is 94.2 Å². The number of carbonyl (C=O) groups excluding carboxylic acids is 2. The number of H-pyrrole nitrogens is 1. The zero-order valence-electron chi connectivity index (χ0n) is 18.0. The Balaban J connectivity index is 1.10. The average Bonchev–Trinajstić information content (AvgIpc) is 3.47. The Bertz CT molecular complexity index is 1100. The van der Waals surface area contributed by atoms with Crippen molar-refractivity contribution >= 4 is 44.3 Å². The molecule has 2 aliphatic rings. The SMILES string of the molecule is O=C(NCCc1c[nH]c2ccccc12)C1CCN(c2nnc(N3CCCCC3=O)s2)CC1. The zero-order valence-corrected chi connectivity index (χ0v) is 18.9. The Morgan fingerprint density at radius 3 is 2.78 bits per heavy atom. The first-order valence-electron chi connectivity index (χ1n) is 11.4. The minimum atomic E-state index is 0.0327. The van der Waals surface area contributed by atoms with Gasteiger partial charge in [-0.15, -0.1) is 10.2 Å². The van der Waals surface area contributed by atoms with Gasteiger partial charge < -0.3 is 15.2 Å². The van der Waals surface area contributed by atoms with Crippen molar-refractivity contribution in [1.29, 1.82) is 0 Å². The number of aromatic nitrogens is 3. The predicted molar refractivity (Wildman–Crippen MR) is 126 cm³/mol. The number of anilines is 2. The second-order valence-electron chi connectivity index (χ2n) is 8.53. The first-order chi connectivity index (χ1) is 15.7. The molecular weight excluding hydrogens is 424 g/mol. The van der Waals surface area contributed by atoms with Crippen LogP contribution in [0.2, 0.25) is 0 Å². The average molecular weight is 453 g/mol. The molecule has 3 aromatic rings. The largest absolute Gasteiger partial charge is 0.361 e. The number of para-hydroxylation sites is 1. The van der Waals surface area contributed by atoms with Gasteiger partial charge in [0.15, 0.2) is 0 Å². The molecule has 2 aliphatic heterocycles. The van der Waals surface area contributed by atoms with Gasteiger partial charge in [-0.05, 0) is 43.7 Å². The highest BCUT2D eigenvalue weighted by Gasteiger charge is 2.28. The van der Waals surface area contributed by atoms with Crippen LogP contribution >= 0.6 is 11.3 Å². The van der Waals surface area contributed by atoms with E-state index < -0.39 is 0 Å². The quantitative estimate of drug-likeness (QED) is 0.599. The third-order valence-electron chi connectivity index (χ3n) is 6.46. The summed E-state index contributed by atoms with van der Waals surface area (Å²) < 4.78 is 0. The first-order valence-corrected chi connectivity index (χ1v) is 12.2. The molecule has 0 saturated carbocycles. The molecule has 0 aliphatic carbocycles. The maximum atomic E-state index is 12.7. The molecule has 0 atom stereocenters. The van der Waals surface area contributed by atoms with E-state index in [1.165, 1.54) is 22.3 Å². The number of hydrogen-bond donors (Lipinski definition) is 2. The molecule has 0 unspecified atom stereocenters.